The maximum Gasteiger partial charge on any atom is 0.358 e. The first-order valence-corrected chi connectivity index (χ1v) is 7.08. The van der Waals surface area contributed by atoms with Crippen LogP contribution >= 0.6 is 11.3 Å². The van der Waals surface area contributed by atoms with Crippen LogP contribution in [0.4, 0.5) is 0 Å². The second kappa shape index (κ2) is 5.05. The summed E-state index contributed by atoms with van der Waals surface area (Å²) in [6.07, 6.45) is 3.37. The van der Waals surface area contributed by atoms with Crippen LogP contribution in [0.15, 0.2) is 30.6 Å². The fraction of sp³-hybridized carbons (Fsp3) is 0.214. The molecule has 5 nitrogen and oxygen atoms in total. The topological polar surface area (TPSA) is 56.5 Å². The number of hydrogen-bond donors (Lipinski definition) is 0. The Balaban J connectivity index is 2.12. The van der Waals surface area contributed by atoms with Crippen LogP contribution in [0.3, 0.4) is 0 Å². The predicted octanol–water partition coefficient (Wildman–Crippen LogP) is 2.94. The zero-order valence-electron chi connectivity index (χ0n) is 11.2. The molecular weight excluding hydrogens is 274 g/mol. The smallest absolute Gasteiger partial charge is 0.358 e. The van der Waals surface area contributed by atoms with Gasteiger partial charge in [-0.25, -0.2) is 14.8 Å². The number of nitrogens with zero attached hydrogens (tertiary/aromatic N) is 3. The average Bonchev–Trinajstić information content (AvgIpc) is 3.04. The molecule has 3 heterocycles. The van der Waals surface area contributed by atoms with E-state index in [9.17, 15) is 4.79 Å². The maximum absolute atomic E-state index is 11.7. The molecule has 3 aromatic heterocycles. The molecule has 0 unspecified atom stereocenters. The summed E-state index contributed by atoms with van der Waals surface area (Å²) in [6, 6.07) is 6.03. The van der Waals surface area contributed by atoms with Crippen LogP contribution in [-0.2, 0) is 4.74 Å². The normalized spacial score (nSPS) is 10.9. The largest absolute Gasteiger partial charge is 0.461 e. The molecule has 0 atom stereocenters. The Bertz CT molecular complexity index is 776. The van der Waals surface area contributed by atoms with E-state index in [4.69, 9.17) is 4.74 Å². The van der Waals surface area contributed by atoms with Gasteiger partial charge < -0.3 is 4.74 Å². The second-order valence-corrected chi connectivity index (χ2v) is 5.54. The number of ether oxygens (including phenoxy) is 1. The summed E-state index contributed by atoms with van der Waals surface area (Å²) in [4.78, 5) is 22.5. The van der Waals surface area contributed by atoms with Gasteiger partial charge in [0, 0.05) is 17.3 Å². The molecule has 20 heavy (non-hydrogen) atoms. The first-order chi connectivity index (χ1) is 9.69. The van der Waals surface area contributed by atoms with Crippen molar-refractivity contribution < 1.29 is 9.53 Å². The molecule has 0 aromatic carbocycles. The molecule has 3 aromatic rings. The third-order valence-electron chi connectivity index (χ3n) is 2.85. The lowest BCUT2D eigenvalue weighted by molar-refractivity contribution is 0.0520. The second-order valence-electron chi connectivity index (χ2n) is 4.26. The number of fused-ring (bicyclic) bond motifs is 1. The van der Waals surface area contributed by atoms with Crippen LogP contribution in [0.25, 0.3) is 16.3 Å². The van der Waals surface area contributed by atoms with E-state index in [1.807, 2.05) is 10.5 Å². The first-order valence-electron chi connectivity index (χ1n) is 6.27. The average molecular weight is 287 g/mol. The van der Waals surface area contributed by atoms with Gasteiger partial charge in [-0.3, -0.25) is 4.40 Å². The highest BCUT2D eigenvalue weighted by Gasteiger charge is 2.15. The molecule has 0 bridgehead atoms. The highest BCUT2D eigenvalue weighted by Crippen LogP contribution is 2.27. The number of thiophene rings is 1. The SMILES string of the molecule is CCOC(=O)c1cn2c(-c3ccc(C)s3)ccnc2n1. The van der Waals surface area contributed by atoms with Crippen molar-refractivity contribution in [2.24, 2.45) is 0 Å². The monoisotopic (exact) mass is 287 g/mol. The van der Waals surface area contributed by atoms with Gasteiger partial charge in [-0.05, 0) is 32.0 Å². The Labute approximate surface area is 119 Å². The molecule has 0 amide bonds. The fourth-order valence-corrected chi connectivity index (χ4v) is 2.86. The molecule has 0 aliphatic heterocycles. The molecule has 0 saturated heterocycles. The van der Waals surface area contributed by atoms with Gasteiger partial charge in [0.2, 0.25) is 5.78 Å². The molecular formula is C14H13N3O2S. The molecule has 0 aliphatic carbocycles. The minimum Gasteiger partial charge on any atom is -0.461 e. The molecule has 0 spiro atoms. The highest BCUT2D eigenvalue weighted by molar-refractivity contribution is 7.15. The summed E-state index contributed by atoms with van der Waals surface area (Å²) < 4.78 is 6.78. The van der Waals surface area contributed by atoms with E-state index in [0.717, 1.165) is 10.6 Å². The number of hydrogen-bond acceptors (Lipinski definition) is 5. The van der Waals surface area contributed by atoms with E-state index in [1.54, 1.807) is 30.7 Å². The highest BCUT2D eigenvalue weighted by atomic mass is 32.1. The summed E-state index contributed by atoms with van der Waals surface area (Å²) in [5.41, 5.74) is 1.25. The number of esters is 1. The van der Waals surface area contributed by atoms with Crippen molar-refractivity contribution in [1.29, 1.82) is 0 Å². The molecule has 3 rings (SSSR count). The number of rotatable bonds is 3. The van der Waals surface area contributed by atoms with Gasteiger partial charge in [0.15, 0.2) is 5.69 Å². The minimum atomic E-state index is -0.425. The van der Waals surface area contributed by atoms with E-state index >= 15 is 0 Å². The quantitative estimate of drug-likeness (QED) is 0.695. The number of imidazole rings is 1. The van der Waals surface area contributed by atoms with Gasteiger partial charge in [-0.15, -0.1) is 11.3 Å². The Hall–Kier alpha value is -2.21. The van der Waals surface area contributed by atoms with E-state index in [0.29, 0.717) is 12.4 Å². The summed E-state index contributed by atoms with van der Waals surface area (Å²) in [7, 11) is 0. The summed E-state index contributed by atoms with van der Waals surface area (Å²) >= 11 is 1.69. The number of aryl methyl sites for hydroxylation is 1. The van der Waals surface area contributed by atoms with Crippen molar-refractivity contribution in [2.75, 3.05) is 6.61 Å². The van der Waals surface area contributed by atoms with Crippen molar-refractivity contribution in [1.82, 2.24) is 14.4 Å². The maximum atomic E-state index is 11.7. The fourth-order valence-electron chi connectivity index (χ4n) is 1.97. The van der Waals surface area contributed by atoms with Gasteiger partial charge >= 0.3 is 5.97 Å². The Morgan fingerprint density at radius 3 is 2.95 bits per heavy atom. The van der Waals surface area contributed by atoms with Crippen LogP contribution in [0.5, 0.6) is 0 Å². The lowest BCUT2D eigenvalue weighted by Crippen LogP contribution is -2.04. The van der Waals surface area contributed by atoms with Crippen LogP contribution in [0.1, 0.15) is 22.3 Å². The Morgan fingerprint density at radius 2 is 2.25 bits per heavy atom. The van der Waals surface area contributed by atoms with Crippen LogP contribution in [-0.4, -0.2) is 26.9 Å². The van der Waals surface area contributed by atoms with E-state index in [1.165, 1.54) is 4.88 Å². The first kappa shape index (κ1) is 12.8. The summed E-state index contributed by atoms with van der Waals surface area (Å²) in [5.74, 6) is 0.0721. The van der Waals surface area contributed by atoms with Gasteiger partial charge in [-0.2, -0.15) is 0 Å². The molecule has 102 valence electrons. The lowest BCUT2D eigenvalue weighted by Gasteiger charge is -2.00. The molecule has 0 N–H and O–H groups in total. The van der Waals surface area contributed by atoms with E-state index in [2.05, 4.69) is 29.0 Å². The molecule has 6 heteroatoms. The molecule has 0 radical (unpaired) electrons. The predicted molar refractivity (Wildman–Crippen MR) is 77.0 cm³/mol. The van der Waals surface area contributed by atoms with Crippen LogP contribution in [0.2, 0.25) is 0 Å². The Kier molecular flexibility index (Phi) is 3.23. The van der Waals surface area contributed by atoms with Crippen molar-refractivity contribution in [3.8, 4) is 10.6 Å². The van der Waals surface area contributed by atoms with Crippen molar-refractivity contribution in [3.63, 3.8) is 0 Å². The van der Waals surface area contributed by atoms with E-state index in [-0.39, 0.29) is 5.69 Å². The van der Waals surface area contributed by atoms with E-state index < -0.39 is 5.97 Å². The zero-order chi connectivity index (χ0) is 14.1. The number of carbonyl (C=O) groups excluding carboxylic acids is 1. The van der Waals surface area contributed by atoms with Gasteiger partial charge in [0.1, 0.15) is 0 Å². The van der Waals surface area contributed by atoms with Crippen molar-refractivity contribution >= 4 is 23.1 Å². The van der Waals surface area contributed by atoms with Crippen LogP contribution < -0.4 is 0 Å². The standard InChI is InChI=1S/C14H13N3O2S/c1-3-19-13(18)10-8-17-11(6-7-15-14(17)16-10)12-5-4-9(2)20-12/h4-8H,3H2,1-2H3. The summed E-state index contributed by atoms with van der Waals surface area (Å²) in [6.45, 7) is 4.16. The molecule has 0 aliphatic rings. The zero-order valence-corrected chi connectivity index (χ0v) is 12.0. The van der Waals surface area contributed by atoms with Gasteiger partial charge in [0.25, 0.3) is 0 Å². The third kappa shape index (κ3) is 2.18. The lowest BCUT2D eigenvalue weighted by atomic mass is 10.3. The van der Waals surface area contributed by atoms with Gasteiger partial charge in [-0.1, -0.05) is 0 Å². The summed E-state index contributed by atoms with van der Waals surface area (Å²) in [5, 5.41) is 0. The third-order valence-corrected chi connectivity index (χ3v) is 3.87. The van der Waals surface area contributed by atoms with Crippen molar-refractivity contribution in [3.05, 3.63) is 41.2 Å². The number of carbonyl (C=O) groups is 1. The minimum absolute atomic E-state index is 0.278. The van der Waals surface area contributed by atoms with Crippen molar-refractivity contribution in [2.45, 2.75) is 13.8 Å². The van der Waals surface area contributed by atoms with Gasteiger partial charge in [0.05, 0.1) is 17.2 Å². The van der Waals surface area contributed by atoms with Crippen LogP contribution in [0, 0.1) is 6.92 Å². The molecule has 0 saturated carbocycles. The number of aromatic nitrogens is 3. The molecule has 0 fully saturated rings. The Morgan fingerprint density at radius 1 is 1.40 bits per heavy atom.